The van der Waals surface area contributed by atoms with Crippen molar-refractivity contribution in [3.63, 3.8) is 0 Å². The van der Waals surface area contributed by atoms with Crippen molar-refractivity contribution in [3.05, 3.63) is 29.3 Å². The molecule has 2 rings (SSSR count). The Morgan fingerprint density at radius 1 is 1.39 bits per heavy atom. The van der Waals surface area contributed by atoms with Gasteiger partial charge in [0.15, 0.2) is 0 Å². The number of aliphatic hydroxyl groups excluding tert-OH is 1. The first kappa shape index (κ1) is 13.1. The minimum atomic E-state index is -0.203. The Bertz CT molecular complexity index is 421. The molecule has 1 aromatic carbocycles. The second-order valence-corrected chi connectivity index (χ2v) is 5.23. The molecule has 1 atom stereocenters. The number of rotatable bonds is 3. The van der Waals surface area contributed by atoms with E-state index in [2.05, 4.69) is 4.90 Å². The van der Waals surface area contributed by atoms with Gasteiger partial charge in [-0.3, -0.25) is 4.79 Å². The van der Waals surface area contributed by atoms with Crippen molar-refractivity contribution in [2.75, 3.05) is 18.0 Å². The van der Waals surface area contributed by atoms with E-state index in [1.165, 1.54) is 5.69 Å². The Hall–Kier alpha value is -1.35. The van der Waals surface area contributed by atoms with Gasteiger partial charge in [0.05, 0.1) is 6.10 Å². The second kappa shape index (κ2) is 5.53. The van der Waals surface area contributed by atoms with Crippen LogP contribution in [0.5, 0.6) is 0 Å². The molecule has 0 amide bonds. The normalized spacial score (nSPS) is 18.7. The first-order valence-corrected chi connectivity index (χ1v) is 6.60. The number of nitrogens with zero attached hydrogens (tertiary/aromatic N) is 1. The third kappa shape index (κ3) is 2.72. The van der Waals surface area contributed by atoms with Crippen LogP contribution >= 0.6 is 0 Å². The highest BCUT2D eigenvalue weighted by molar-refractivity contribution is 5.77. The fourth-order valence-electron chi connectivity index (χ4n) is 2.73. The first-order valence-electron chi connectivity index (χ1n) is 6.60. The van der Waals surface area contributed by atoms with E-state index in [1.54, 1.807) is 0 Å². The van der Waals surface area contributed by atoms with Crippen LogP contribution in [-0.2, 0) is 0 Å². The topological polar surface area (TPSA) is 40.5 Å². The van der Waals surface area contributed by atoms with Crippen LogP contribution in [0.1, 0.15) is 35.7 Å². The summed E-state index contributed by atoms with van der Waals surface area (Å²) in [5, 5.41) is 9.60. The maximum Gasteiger partial charge on any atom is 0.150 e. The van der Waals surface area contributed by atoms with Crippen molar-refractivity contribution in [1.82, 2.24) is 0 Å². The molecule has 1 aromatic rings. The Kier molecular flexibility index (Phi) is 4.02. The molecule has 1 heterocycles. The van der Waals surface area contributed by atoms with E-state index < -0.39 is 0 Å². The van der Waals surface area contributed by atoms with E-state index in [0.29, 0.717) is 5.92 Å². The summed E-state index contributed by atoms with van der Waals surface area (Å²) in [4.78, 5) is 13.1. The van der Waals surface area contributed by atoms with Gasteiger partial charge in [-0.05, 0) is 56.4 Å². The zero-order valence-electron chi connectivity index (χ0n) is 11.1. The summed E-state index contributed by atoms with van der Waals surface area (Å²) in [5.74, 6) is 0.427. The lowest BCUT2D eigenvalue weighted by molar-refractivity contribution is 0.109. The average molecular weight is 247 g/mol. The van der Waals surface area contributed by atoms with Crippen LogP contribution < -0.4 is 4.90 Å². The first-order chi connectivity index (χ1) is 8.61. The lowest BCUT2D eigenvalue weighted by Gasteiger charge is -2.35. The maximum absolute atomic E-state index is 10.7. The number of benzene rings is 1. The van der Waals surface area contributed by atoms with Gasteiger partial charge in [0.1, 0.15) is 6.29 Å². The highest BCUT2D eigenvalue weighted by Gasteiger charge is 2.23. The molecule has 3 nitrogen and oxygen atoms in total. The van der Waals surface area contributed by atoms with Gasteiger partial charge in [-0.25, -0.2) is 0 Å². The van der Waals surface area contributed by atoms with Gasteiger partial charge in [0, 0.05) is 24.3 Å². The number of piperidine rings is 1. The Morgan fingerprint density at radius 2 is 2.06 bits per heavy atom. The molecule has 1 saturated heterocycles. The number of aldehydes is 1. The lowest BCUT2D eigenvalue weighted by atomic mass is 9.91. The zero-order valence-corrected chi connectivity index (χ0v) is 11.1. The minimum Gasteiger partial charge on any atom is -0.393 e. The fraction of sp³-hybridized carbons (Fsp3) is 0.533. The maximum atomic E-state index is 10.7. The number of aryl methyl sites for hydroxylation is 1. The monoisotopic (exact) mass is 247 g/mol. The molecule has 0 radical (unpaired) electrons. The van der Waals surface area contributed by atoms with Crippen LogP contribution in [-0.4, -0.2) is 30.6 Å². The van der Waals surface area contributed by atoms with Crippen molar-refractivity contribution in [1.29, 1.82) is 0 Å². The van der Waals surface area contributed by atoms with Gasteiger partial charge in [-0.2, -0.15) is 0 Å². The highest BCUT2D eigenvalue weighted by Crippen LogP contribution is 2.27. The van der Waals surface area contributed by atoms with E-state index >= 15 is 0 Å². The zero-order chi connectivity index (χ0) is 13.1. The predicted molar refractivity (Wildman–Crippen MR) is 73.2 cm³/mol. The summed E-state index contributed by atoms with van der Waals surface area (Å²) in [6.45, 7) is 5.89. The Balaban J connectivity index is 2.07. The molecule has 3 heteroatoms. The molecule has 0 aromatic heterocycles. The summed E-state index contributed by atoms with van der Waals surface area (Å²) >= 11 is 0. The molecule has 1 N–H and O–H groups in total. The van der Waals surface area contributed by atoms with Crippen LogP contribution in [0.15, 0.2) is 18.2 Å². The van der Waals surface area contributed by atoms with Gasteiger partial charge in [-0.1, -0.05) is 0 Å². The largest absolute Gasteiger partial charge is 0.393 e. The standard InChI is InChI=1S/C15H21NO2/c1-11-9-13(10-17)3-4-15(11)16-7-5-14(6-8-16)12(2)18/h3-4,9-10,12,14,18H,5-8H2,1-2H3. The molecule has 0 saturated carbocycles. The van der Waals surface area contributed by atoms with E-state index in [0.717, 1.165) is 43.3 Å². The molecule has 0 aliphatic carbocycles. The number of carbonyl (C=O) groups excluding carboxylic acids is 1. The van der Waals surface area contributed by atoms with E-state index in [-0.39, 0.29) is 6.10 Å². The van der Waals surface area contributed by atoms with Crippen LogP contribution in [0.2, 0.25) is 0 Å². The summed E-state index contributed by atoms with van der Waals surface area (Å²) < 4.78 is 0. The summed E-state index contributed by atoms with van der Waals surface area (Å²) in [7, 11) is 0. The SMILES string of the molecule is Cc1cc(C=O)ccc1N1CCC(C(C)O)CC1. The van der Waals surface area contributed by atoms with Gasteiger partial charge in [0.25, 0.3) is 0 Å². The second-order valence-electron chi connectivity index (χ2n) is 5.23. The third-order valence-corrected chi connectivity index (χ3v) is 3.92. The molecule has 18 heavy (non-hydrogen) atoms. The lowest BCUT2D eigenvalue weighted by Crippen LogP contribution is -2.37. The number of carbonyl (C=O) groups is 1. The smallest absolute Gasteiger partial charge is 0.150 e. The molecule has 1 aliphatic rings. The molecule has 98 valence electrons. The van der Waals surface area contributed by atoms with Crippen LogP contribution in [0.4, 0.5) is 5.69 Å². The minimum absolute atomic E-state index is 0.203. The molecule has 0 spiro atoms. The van der Waals surface area contributed by atoms with Crippen LogP contribution in [0.3, 0.4) is 0 Å². The Morgan fingerprint density at radius 3 is 2.56 bits per heavy atom. The van der Waals surface area contributed by atoms with E-state index in [1.807, 2.05) is 32.0 Å². The van der Waals surface area contributed by atoms with Crippen molar-refractivity contribution in [2.45, 2.75) is 32.8 Å². The molecule has 1 unspecified atom stereocenters. The highest BCUT2D eigenvalue weighted by atomic mass is 16.3. The number of hydrogen-bond acceptors (Lipinski definition) is 3. The van der Waals surface area contributed by atoms with Gasteiger partial charge in [-0.15, -0.1) is 0 Å². The van der Waals surface area contributed by atoms with Gasteiger partial charge < -0.3 is 10.0 Å². The van der Waals surface area contributed by atoms with Gasteiger partial charge >= 0.3 is 0 Å². The molecular formula is C15H21NO2. The van der Waals surface area contributed by atoms with Crippen molar-refractivity contribution in [3.8, 4) is 0 Å². The third-order valence-electron chi connectivity index (χ3n) is 3.92. The van der Waals surface area contributed by atoms with E-state index in [4.69, 9.17) is 0 Å². The Labute approximate surface area is 108 Å². The molecule has 0 bridgehead atoms. The average Bonchev–Trinajstić information content (AvgIpc) is 2.38. The number of anilines is 1. The van der Waals surface area contributed by atoms with E-state index in [9.17, 15) is 9.90 Å². The number of hydrogen-bond donors (Lipinski definition) is 1. The molecule has 1 fully saturated rings. The van der Waals surface area contributed by atoms with Gasteiger partial charge in [0.2, 0.25) is 0 Å². The molecular weight excluding hydrogens is 226 g/mol. The number of aliphatic hydroxyl groups is 1. The van der Waals surface area contributed by atoms with Crippen LogP contribution in [0.25, 0.3) is 0 Å². The summed E-state index contributed by atoms with van der Waals surface area (Å²) in [6, 6.07) is 5.83. The fourth-order valence-corrected chi connectivity index (χ4v) is 2.73. The van der Waals surface area contributed by atoms with Crippen molar-refractivity contribution >= 4 is 12.0 Å². The summed E-state index contributed by atoms with van der Waals surface area (Å²) in [5.41, 5.74) is 3.09. The summed E-state index contributed by atoms with van der Waals surface area (Å²) in [6.07, 6.45) is 2.75. The van der Waals surface area contributed by atoms with Crippen LogP contribution in [0, 0.1) is 12.8 Å². The molecule has 1 aliphatic heterocycles. The van der Waals surface area contributed by atoms with Crippen molar-refractivity contribution < 1.29 is 9.90 Å². The van der Waals surface area contributed by atoms with Crippen molar-refractivity contribution in [2.24, 2.45) is 5.92 Å². The predicted octanol–water partition coefficient (Wildman–Crippen LogP) is 2.40. The quantitative estimate of drug-likeness (QED) is 0.834.